The molecule has 3 amide bonds. The summed E-state index contributed by atoms with van der Waals surface area (Å²) in [5.74, 6) is -0.0326. The van der Waals surface area contributed by atoms with Gasteiger partial charge in [0.05, 0.1) is 11.3 Å². The molecule has 0 bridgehead atoms. The van der Waals surface area contributed by atoms with Crippen molar-refractivity contribution in [2.24, 2.45) is 0 Å². The molecule has 1 atom stereocenters. The lowest BCUT2D eigenvalue weighted by Gasteiger charge is -2.48. The average molecular weight is 371 g/mol. The van der Waals surface area contributed by atoms with Crippen molar-refractivity contribution in [3.63, 3.8) is 0 Å². The van der Waals surface area contributed by atoms with Gasteiger partial charge in [0.15, 0.2) is 0 Å². The van der Waals surface area contributed by atoms with Crippen LogP contribution >= 0.6 is 0 Å². The number of nitrogens with zero attached hydrogens (tertiary/aromatic N) is 3. The fraction of sp³-hybridized carbons (Fsp3) is 0.571. The zero-order chi connectivity index (χ0) is 19.8. The first-order chi connectivity index (χ1) is 12.8. The Morgan fingerprint density at radius 2 is 1.89 bits per heavy atom. The molecule has 2 aliphatic rings. The van der Waals surface area contributed by atoms with Crippen LogP contribution in [0.15, 0.2) is 24.3 Å². The molecule has 1 aromatic rings. The van der Waals surface area contributed by atoms with Crippen molar-refractivity contribution in [1.29, 1.82) is 0 Å². The third-order valence-corrected chi connectivity index (χ3v) is 6.18. The highest BCUT2D eigenvalue weighted by molar-refractivity contribution is 6.10. The number of hydrogen-bond acceptors (Lipinski definition) is 3. The van der Waals surface area contributed by atoms with Gasteiger partial charge in [-0.2, -0.15) is 0 Å². The maximum Gasteiger partial charge on any atom is 0.257 e. The van der Waals surface area contributed by atoms with Crippen LogP contribution in [0.5, 0.6) is 0 Å². The van der Waals surface area contributed by atoms with E-state index >= 15 is 0 Å². The second-order valence-corrected chi connectivity index (χ2v) is 7.65. The van der Waals surface area contributed by atoms with E-state index in [1.165, 1.54) is 0 Å². The van der Waals surface area contributed by atoms with Gasteiger partial charge in [-0.1, -0.05) is 26.0 Å². The van der Waals surface area contributed by atoms with E-state index in [1.807, 2.05) is 32.2 Å². The van der Waals surface area contributed by atoms with Crippen molar-refractivity contribution < 1.29 is 14.4 Å². The molecule has 0 aliphatic carbocycles. The monoisotopic (exact) mass is 371 g/mol. The normalized spacial score (nSPS) is 21.5. The Balaban J connectivity index is 1.84. The first-order valence-electron chi connectivity index (χ1n) is 9.84. The molecule has 6 heteroatoms. The number of anilines is 1. The van der Waals surface area contributed by atoms with Crippen molar-refractivity contribution in [3.8, 4) is 0 Å². The van der Waals surface area contributed by atoms with Crippen molar-refractivity contribution in [1.82, 2.24) is 9.80 Å². The van der Waals surface area contributed by atoms with E-state index < -0.39 is 5.66 Å². The summed E-state index contributed by atoms with van der Waals surface area (Å²) < 4.78 is 0. The Bertz CT molecular complexity index is 759. The van der Waals surface area contributed by atoms with Crippen LogP contribution in [0.3, 0.4) is 0 Å². The van der Waals surface area contributed by atoms with E-state index in [2.05, 4.69) is 13.8 Å². The van der Waals surface area contributed by atoms with Crippen LogP contribution in [0.2, 0.25) is 0 Å². The molecule has 1 aromatic carbocycles. The van der Waals surface area contributed by atoms with E-state index in [0.717, 1.165) is 12.8 Å². The number of carbonyl (C=O) groups is 3. The third-order valence-electron chi connectivity index (χ3n) is 6.18. The van der Waals surface area contributed by atoms with E-state index in [4.69, 9.17) is 0 Å². The zero-order valence-electron chi connectivity index (χ0n) is 16.7. The molecule has 0 saturated carbocycles. The van der Waals surface area contributed by atoms with Gasteiger partial charge >= 0.3 is 0 Å². The van der Waals surface area contributed by atoms with Gasteiger partial charge in [-0.05, 0) is 38.3 Å². The summed E-state index contributed by atoms with van der Waals surface area (Å²) in [4.78, 5) is 43.6. The first-order valence-corrected chi connectivity index (χ1v) is 9.84. The minimum atomic E-state index is -0.698. The number of rotatable bonds is 6. The summed E-state index contributed by atoms with van der Waals surface area (Å²) >= 11 is 0. The van der Waals surface area contributed by atoms with E-state index in [1.54, 1.807) is 20.8 Å². The van der Waals surface area contributed by atoms with Gasteiger partial charge < -0.3 is 9.80 Å². The van der Waals surface area contributed by atoms with Gasteiger partial charge in [-0.3, -0.25) is 19.3 Å². The number of benzene rings is 1. The number of para-hydroxylation sites is 1. The molecule has 27 heavy (non-hydrogen) atoms. The second-order valence-electron chi connectivity index (χ2n) is 7.65. The van der Waals surface area contributed by atoms with E-state index in [-0.39, 0.29) is 30.2 Å². The van der Waals surface area contributed by atoms with Crippen LogP contribution in [0.4, 0.5) is 5.69 Å². The molecule has 3 rings (SSSR count). The van der Waals surface area contributed by atoms with Crippen molar-refractivity contribution >= 4 is 23.4 Å². The highest BCUT2D eigenvalue weighted by Crippen LogP contribution is 2.43. The summed E-state index contributed by atoms with van der Waals surface area (Å²) in [5.41, 5.74) is 0.520. The van der Waals surface area contributed by atoms with Crippen molar-refractivity contribution in [2.45, 2.75) is 64.6 Å². The van der Waals surface area contributed by atoms with Gasteiger partial charge in [-0.15, -0.1) is 0 Å². The van der Waals surface area contributed by atoms with Crippen LogP contribution in [0.25, 0.3) is 0 Å². The molecule has 6 nitrogen and oxygen atoms in total. The topological polar surface area (TPSA) is 60.9 Å². The minimum absolute atomic E-state index is 0.0305. The number of hydrogen-bond donors (Lipinski definition) is 0. The minimum Gasteiger partial charge on any atom is -0.343 e. The summed E-state index contributed by atoms with van der Waals surface area (Å²) in [5, 5.41) is 0. The lowest BCUT2D eigenvalue weighted by Crippen LogP contribution is -2.62. The third kappa shape index (κ3) is 3.11. The molecule has 2 heterocycles. The Kier molecular flexibility index (Phi) is 5.27. The highest BCUT2D eigenvalue weighted by Gasteiger charge is 2.52. The summed E-state index contributed by atoms with van der Waals surface area (Å²) in [6, 6.07) is 7.47. The van der Waals surface area contributed by atoms with Gasteiger partial charge in [0, 0.05) is 32.5 Å². The number of amides is 3. The number of fused-ring (bicyclic) bond motifs is 3. The largest absolute Gasteiger partial charge is 0.343 e. The predicted octanol–water partition coefficient (Wildman–Crippen LogP) is 3.02. The van der Waals surface area contributed by atoms with Crippen molar-refractivity contribution in [2.75, 3.05) is 18.5 Å². The average Bonchev–Trinajstić information content (AvgIpc) is 2.97. The molecule has 0 spiro atoms. The molecule has 1 unspecified atom stereocenters. The van der Waals surface area contributed by atoms with Crippen LogP contribution in [-0.2, 0) is 9.59 Å². The summed E-state index contributed by atoms with van der Waals surface area (Å²) in [6.45, 7) is 6.40. The lowest BCUT2D eigenvalue weighted by molar-refractivity contribution is -0.132. The Morgan fingerprint density at radius 3 is 2.56 bits per heavy atom. The van der Waals surface area contributed by atoms with Gasteiger partial charge in [-0.25, -0.2) is 0 Å². The number of carbonyl (C=O) groups excluding carboxylic acids is 3. The van der Waals surface area contributed by atoms with Crippen molar-refractivity contribution in [3.05, 3.63) is 29.8 Å². The van der Waals surface area contributed by atoms with Gasteiger partial charge in [0.1, 0.15) is 5.66 Å². The quantitative estimate of drug-likeness (QED) is 0.772. The molecule has 1 saturated heterocycles. The smallest absolute Gasteiger partial charge is 0.257 e. The van der Waals surface area contributed by atoms with Crippen LogP contribution in [0.1, 0.15) is 63.2 Å². The Morgan fingerprint density at radius 1 is 1.22 bits per heavy atom. The molecular formula is C21H29N3O3. The standard InChI is InChI=1S/C21H29N3O3/c1-5-15(6-2)22(4)18(25)12-14-23-20(27)16-9-7-8-10-17(16)24-19(26)11-13-21(23,24)3/h7-10,15H,5-6,11-14H2,1-4H3. The lowest BCUT2D eigenvalue weighted by atomic mass is 9.98. The molecule has 0 aromatic heterocycles. The summed E-state index contributed by atoms with van der Waals surface area (Å²) in [6.07, 6.45) is 3.08. The molecular weight excluding hydrogens is 342 g/mol. The second kappa shape index (κ2) is 7.33. The zero-order valence-corrected chi connectivity index (χ0v) is 16.7. The van der Waals surface area contributed by atoms with Crippen LogP contribution in [0, 0.1) is 0 Å². The molecule has 1 fully saturated rings. The SMILES string of the molecule is CCC(CC)N(C)C(=O)CCN1C(=O)c2ccccc2N2C(=O)CCC12C. The Labute approximate surface area is 161 Å². The molecule has 0 N–H and O–H groups in total. The Hall–Kier alpha value is -2.37. The van der Waals surface area contributed by atoms with Crippen LogP contribution < -0.4 is 4.90 Å². The van der Waals surface area contributed by atoms with Gasteiger partial charge in [0.25, 0.3) is 5.91 Å². The predicted molar refractivity (Wildman–Crippen MR) is 104 cm³/mol. The van der Waals surface area contributed by atoms with E-state index in [0.29, 0.717) is 30.6 Å². The fourth-order valence-electron chi connectivity index (χ4n) is 4.47. The van der Waals surface area contributed by atoms with Crippen LogP contribution in [-0.4, -0.2) is 52.8 Å². The van der Waals surface area contributed by atoms with Gasteiger partial charge in [0.2, 0.25) is 11.8 Å². The maximum atomic E-state index is 13.2. The molecule has 0 radical (unpaired) electrons. The first kappa shape index (κ1) is 19.4. The highest BCUT2D eigenvalue weighted by atomic mass is 16.2. The van der Waals surface area contributed by atoms with E-state index in [9.17, 15) is 14.4 Å². The molecule has 146 valence electrons. The molecule has 2 aliphatic heterocycles. The maximum absolute atomic E-state index is 13.2. The summed E-state index contributed by atoms with van der Waals surface area (Å²) in [7, 11) is 1.83. The fourth-order valence-corrected chi connectivity index (χ4v) is 4.47.